The van der Waals surface area contributed by atoms with E-state index in [0.717, 1.165) is 39.1 Å². The van der Waals surface area contributed by atoms with E-state index in [-0.39, 0.29) is 5.91 Å². The molecule has 1 aromatic rings. The van der Waals surface area contributed by atoms with Crippen LogP contribution < -0.4 is 5.32 Å². The summed E-state index contributed by atoms with van der Waals surface area (Å²) in [7, 11) is 4.02. The molecule has 0 unspecified atom stereocenters. The molecule has 0 saturated carbocycles. The van der Waals surface area contributed by atoms with Crippen molar-refractivity contribution < 1.29 is 4.79 Å². The summed E-state index contributed by atoms with van der Waals surface area (Å²) in [6.45, 7) is 6.20. The molecule has 0 aromatic carbocycles. The average molecular weight is 280 g/mol. The van der Waals surface area contributed by atoms with E-state index >= 15 is 0 Å². The number of aromatic nitrogens is 3. The number of hydrogen-bond donors (Lipinski definition) is 1. The molecule has 0 spiro atoms. The van der Waals surface area contributed by atoms with Crippen LogP contribution in [0.3, 0.4) is 0 Å². The lowest BCUT2D eigenvalue weighted by Crippen LogP contribution is -2.43. The Kier molecular flexibility index (Phi) is 5.08. The van der Waals surface area contributed by atoms with Crippen molar-refractivity contribution in [2.45, 2.75) is 19.4 Å². The maximum absolute atomic E-state index is 12.5. The van der Waals surface area contributed by atoms with E-state index in [1.807, 2.05) is 19.0 Å². The van der Waals surface area contributed by atoms with Crippen LogP contribution in [0.5, 0.6) is 0 Å². The van der Waals surface area contributed by atoms with Gasteiger partial charge < -0.3 is 15.1 Å². The first-order valence-electron chi connectivity index (χ1n) is 7.18. The Labute approximate surface area is 119 Å². The number of amides is 1. The zero-order valence-electron chi connectivity index (χ0n) is 12.5. The second kappa shape index (κ2) is 6.81. The van der Waals surface area contributed by atoms with Gasteiger partial charge in [0.05, 0.1) is 12.2 Å². The molecule has 0 bridgehead atoms. The zero-order valence-corrected chi connectivity index (χ0v) is 12.5. The largest absolute Gasteiger partial charge is 0.336 e. The molecule has 2 heterocycles. The summed E-state index contributed by atoms with van der Waals surface area (Å²) < 4.78 is 1.79. The van der Waals surface area contributed by atoms with Gasteiger partial charge in [0.15, 0.2) is 5.69 Å². The standard InChI is InChI=1S/C13H24N6O/c1-4-5-18(7-6-17(2)3)13(20)12-10-19(16-15-12)11-8-14-9-11/h10-11,14H,4-9H2,1-3H3. The normalized spacial score (nSPS) is 15.4. The van der Waals surface area contributed by atoms with Gasteiger partial charge in [-0.1, -0.05) is 12.1 Å². The van der Waals surface area contributed by atoms with E-state index in [4.69, 9.17) is 0 Å². The van der Waals surface area contributed by atoms with Crippen LogP contribution in [0.1, 0.15) is 29.9 Å². The molecular weight excluding hydrogens is 256 g/mol. The van der Waals surface area contributed by atoms with Crippen molar-refractivity contribution in [3.05, 3.63) is 11.9 Å². The van der Waals surface area contributed by atoms with Gasteiger partial charge in [-0.2, -0.15) is 0 Å². The monoisotopic (exact) mass is 280 g/mol. The highest BCUT2D eigenvalue weighted by molar-refractivity contribution is 5.91. The highest BCUT2D eigenvalue weighted by Gasteiger charge is 2.23. The van der Waals surface area contributed by atoms with E-state index in [0.29, 0.717) is 11.7 Å². The van der Waals surface area contributed by atoms with Crippen molar-refractivity contribution in [2.75, 3.05) is 46.8 Å². The number of nitrogens with one attached hydrogen (secondary N) is 1. The zero-order chi connectivity index (χ0) is 14.5. The van der Waals surface area contributed by atoms with Crippen molar-refractivity contribution in [1.29, 1.82) is 0 Å². The van der Waals surface area contributed by atoms with Gasteiger partial charge in [0, 0.05) is 32.7 Å². The number of likely N-dealkylation sites (N-methyl/N-ethyl adjacent to an activating group) is 1. The van der Waals surface area contributed by atoms with Crippen LogP contribution >= 0.6 is 0 Å². The molecule has 7 heteroatoms. The summed E-state index contributed by atoms with van der Waals surface area (Å²) in [5, 5.41) is 11.3. The van der Waals surface area contributed by atoms with Crippen molar-refractivity contribution in [1.82, 2.24) is 30.1 Å². The Morgan fingerprint density at radius 1 is 1.40 bits per heavy atom. The van der Waals surface area contributed by atoms with Crippen LogP contribution in [-0.4, -0.2) is 77.5 Å². The minimum Gasteiger partial charge on any atom is -0.336 e. The highest BCUT2D eigenvalue weighted by atomic mass is 16.2. The molecule has 1 N–H and O–H groups in total. The second-order valence-electron chi connectivity index (χ2n) is 5.49. The summed E-state index contributed by atoms with van der Waals surface area (Å²) in [4.78, 5) is 16.4. The first-order chi connectivity index (χ1) is 9.61. The molecule has 1 aromatic heterocycles. The van der Waals surface area contributed by atoms with E-state index in [1.54, 1.807) is 10.9 Å². The van der Waals surface area contributed by atoms with Crippen LogP contribution in [0.15, 0.2) is 6.20 Å². The number of hydrogen-bond acceptors (Lipinski definition) is 5. The second-order valence-corrected chi connectivity index (χ2v) is 5.49. The number of rotatable bonds is 7. The van der Waals surface area contributed by atoms with Crippen molar-refractivity contribution >= 4 is 5.91 Å². The van der Waals surface area contributed by atoms with E-state index in [9.17, 15) is 4.79 Å². The van der Waals surface area contributed by atoms with Gasteiger partial charge in [-0.3, -0.25) is 4.79 Å². The molecule has 1 aliphatic rings. The van der Waals surface area contributed by atoms with Crippen molar-refractivity contribution in [3.8, 4) is 0 Å². The highest BCUT2D eigenvalue weighted by Crippen LogP contribution is 2.11. The summed E-state index contributed by atoms with van der Waals surface area (Å²) in [5.41, 5.74) is 0.448. The SMILES string of the molecule is CCCN(CCN(C)C)C(=O)c1cn(C2CNC2)nn1. The molecule has 20 heavy (non-hydrogen) atoms. The summed E-state index contributed by atoms with van der Waals surface area (Å²) in [6, 6.07) is 0.338. The number of nitrogens with zero attached hydrogens (tertiary/aromatic N) is 5. The fourth-order valence-corrected chi connectivity index (χ4v) is 2.08. The van der Waals surface area contributed by atoms with Crippen LogP contribution in [0, 0.1) is 0 Å². The molecule has 1 fully saturated rings. The van der Waals surface area contributed by atoms with Crippen molar-refractivity contribution in [3.63, 3.8) is 0 Å². The van der Waals surface area contributed by atoms with E-state index in [1.165, 1.54) is 0 Å². The predicted molar refractivity (Wildman–Crippen MR) is 76.7 cm³/mol. The third kappa shape index (κ3) is 3.55. The Bertz CT molecular complexity index is 440. The van der Waals surface area contributed by atoms with Crippen LogP contribution in [0.2, 0.25) is 0 Å². The number of carbonyl (C=O) groups excluding carboxylic acids is 1. The molecule has 0 atom stereocenters. The molecular formula is C13H24N6O. The Hall–Kier alpha value is -1.47. The summed E-state index contributed by atoms with van der Waals surface area (Å²) in [5.74, 6) is -0.0211. The van der Waals surface area contributed by atoms with Gasteiger partial charge in [0.1, 0.15) is 0 Å². The van der Waals surface area contributed by atoms with Gasteiger partial charge in [0.25, 0.3) is 5.91 Å². The quantitative estimate of drug-likeness (QED) is 0.751. The molecule has 1 amide bonds. The van der Waals surface area contributed by atoms with Gasteiger partial charge in [-0.25, -0.2) is 4.68 Å². The van der Waals surface area contributed by atoms with Gasteiger partial charge >= 0.3 is 0 Å². The van der Waals surface area contributed by atoms with Gasteiger partial charge in [0.2, 0.25) is 0 Å². The lowest BCUT2D eigenvalue weighted by atomic mass is 10.2. The number of carbonyl (C=O) groups is 1. The topological polar surface area (TPSA) is 66.3 Å². The van der Waals surface area contributed by atoms with Crippen LogP contribution in [0.25, 0.3) is 0 Å². The van der Waals surface area contributed by atoms with Crippen molar-refractivity contribution in [2.24, 2.45) is 0 Å². The van der Waals surface area contributed by atoms with Crippen LogP contribution in [-0.2, 0) is 0 Å². The minimum absolute atomic E-state index is 0.0211. The molecule has 0 radical (unpaired) electrons. The lowest BCUT2D eigenvalue weighted by molar-refractivity contribution is 0.0739. The fourth-order valence-electron chi connectivity index (χ4n) is 2.08. The third-order valence-electron chi connectivity index (χ3n) is 3.46. The van der Waals surface area contributed by atoms with E-state index < -0.39 is 0 Å². The van der Waals surface area contributed by atoms with E-state index in [2.05, 4.69) is 27.5 Å². The first kappa shape index (κ1) is 14.9. The molecule has 7 nitrogen and oxygen atoms in total. The molecule has 112 valence electrons. The Balaban J connectivity index is 1.99. The predicted octanol–water partition coefficient (Wildman–Crippen LogP) is -0.164. The fraction of sp³-hybridized carbons (Fsp3) is 0.769. The lowest BCUT2D eigenvalue weighted by Gasteiger charge is -2.26. The Morgan fingerprint density at radius 2 is 2.15 bits per heavy atom. The molecule has 1 saturated heterocycles. The summed E-state index contributed by atoms with van der Waals surface area (Å²) >= 11 is 0. The maximum atomic E-state index is 12.5. The molecule has 2 rings (SSSR count). The Morgan fingerprint density at radius 3 is 2.70 bits per heavy atom. The first-order valence-corrected chi connectivity index (χ1v) is 7.18. The molecule has 0 aliphatic carbocycles. The molecule has 1 aliphatic heterocycles. The third-order valence-corrected chi connectivity index (χ3v) is 3.46. The minimum atomic E-state index is -0.0211. The van der Waals surface area contributed by atoms with Gasteiger partial charge in [-0.05, 0) is 20.5 Å². The van der Waals surface area contributed by atoms with Gasteiger partial charge in [-0.15, -0.1) is 5.10 Å². The maximum Gasteiger partial charge on any atom is 0.276 e. The smallest absolute Gasteiger partial charge is 0.276 e. The van der Waals surface area contributed by atoms with Crippen LogP contribution in [0.4, 0.5) is 0 Å². The average Bonchev–Trinajstić information content (AvgIpc) is 2.80. The summed E-state index contributed by atoms with van der Waals surface area (Å²) in [6.07, 6.45) is 2.71.